The van der Waals surface area contributed by atoms with Gasteiger partial charge < -0.3 is 14.0 Å². The average molecular weight is 472 g/mol. The lowest BCUT2D eigenvalue weighted by Gasteiger charge is -2.11. The molecule has 3 aromatic rings. The van der Waals surface area contributed by atoms with Gasteiger partial charge in [-0.25, -0.2) is 9.18 Å². The SMILES string of the molecule is CC.CCc1nn2c(c1-c1c(F)ccc3c(CCCOC(C)=O)c(C(=O)OC)n(C)c13)CCC2. The molecule has 2 aromatic heterocycles. The molecule has 0 aliphatic carbocycles. The van der Waals surface area contributed by atoms with Crippen LogP contribution in [0, 0.1) is 5.82 Å². The molecule has 0 amide bonds. The Morgan fingerprint density at radius 1 is 1.21 bits per heavy atom. The summed E-state index contributed by atoms with van der Waals surface area (Å²) in [6.07, 6.45) is 3.56. The highest BCUT2D eigenvalue weighted by Gasteiger charge is 2.30. The van der Waals surface area contributed by atoms with Gasteiger partial charge in [0, 0.05) is 42.7 Å². The maximum absolute atomic E-state index is 15.4. The lowest BCUT2D eigenvalue weighted by atomic mass is 9.96. The van der Waals surface area contributed by atoms with Crippen LogP contribution in [0.4, 0.5) is 4.39 Å². The van der Waals surface area contributed by atoms with E-state index in [0.717, 1.165) is 47.3 Å². The van der Waals surface area contributed by atoms with E-state index in [-0.39, 0.29) is 18.4 Å². The van der Waals surface area contributed by atoms with E-state index in [1.165, 1.54) is 20.1 Å². The second kappa shape index (κ2) is 10.8. The summed E-state index contributed by atoms with van der Waals surface area (Å²) < 4.78 is 29.3. The molecule has 1 aliphatic heterocycles. The highest BCUT2D eigenvalue weighted by molar-refractivity contribution is 6.05. The van der Waals surface area contributed by atoms with Crippen LogP contribution in [-0.4, -0.2) is 40.0 Å². The number of hydrogen-bond acceptors (Lipinski definition) is 5. The van der Waals surface area contributed by atoms with Gasteiger partial charge in [-0.2, -0.15) is 5.10 Å². The molecule has 7 nitrogen and oxygen atoms in total. The minimum Gasteiger partial charge on any atom is -0.466 e. The lowest BCUT2D eigenvalue weighted by Crippen LogP contribution is -2.11. The number of halogens is 1. The molecule has 184 valence electrons. The normalized spacial score (nSPS) is 12.3. The fourth-order valence-electron chi connectivity index (χ4n) is 4.84. The molecule has 0 bridgehead atoms. The first kappa shape index (κ1) is 25.5. The zero-order valence-corrected chi connectivity index (χ0v) is 21.0. The molecular weight excluding hydrogens is 437 g/mol. The van der Waals surface area contributed by atoms with Gasteiger partial charge in [0.25, 0.3) is 0 Å². The van der Waals surface area contributed by atoms with Gasteiger partial charge in [0.1, 0.15) is 11.5 Å². The smallest absolute Gasteiger partial charge is 0.354 e. The highest BCUT2D eigenvalue weighted by atomic mass is 19.1. The lowest BCUT2D eigenvalue weighted by molar-refractivity contribution is -0.141. The van der Waals surface area contributed by atoms with Gasteiger partial charge in [-0.3, -0.25) is 9.48 Å². The molecule has 1 aliphatic rings. The van der Waals surface area contributed by atoms with Crippen molar-refractivity contribution in [3.8, 4) is 11.1 Å². The average Bonchev–Trinajstić information content (AvgIpc) is 3.50. The quantitative estimate of drug-likeness (QED) is 0.358. The molecule has 0 unspecified atom stereocenters. The van der Waals surface area contributed by atoms with Crippen molar-refractivity contribution in [3.05, 3.63) is 40.6 Å². The van der Waals surface area contributed by atoms with Crippen LogP contribution in [0.2, 0.25) is 0 Å². The Morgan fingerprint density at radius 3 is 2.59 bits per heavy atom. The third kappa shape index (κ3) is 4.45. The van der Waals surface area contributed by atoms with Gasteiger partial charge in [-0.15, -0.1) is 0 Å². The third-order valence-electron chi connectivity index (χ3n) is 6.16. The number of aromatic nitrogens is 3. The molecule has 3 heterocycles. The molecule has 0 fully saturated rings. The zero-order valence-electron chi connectivity index (χ0n) is 21.0. The number of fused-ring (bicyclic) bond motifs is 2. The van der Waals surface area contributed by atoms with Crippen molar-refractivity contribution in [3.63, 3.8) is 0 Å². The largest absolute Gasteiger partial charge is 0.466 e. The number of nitrogens with zero attached hydrogens (tertiary/aromatic N) is 3. The van der Waals surface area contributed by atoms with Gasteiger partial charge in [-0.05, 0) is 49.8 Å². The van der Waals surface area contributed by atoms with E-state index in [0.29, 0.717) is 36.0 Å². The van der Waals surface area contributed by atoms with Gasteiger partial charge in [0.05, 0.1) is 24.9 Å². The summed E-state index contributed by atoms with van der Waals surface area (Å²) in [5, 5.41) is 5.52. The second-order valence-electron chi connectivity index (χ2n) is 8.09. The van der Waals surface area contributed by atoms with Crippen LogP contribution in [0.15, 0.2) is 12.1 Å². The minimum absolute atomic E-state index is 0.247. The van der Waals surface area contributed by atoms with Crippen molar-refractivity contribution in [1.29, 1.82) is 0 Å². The van der Waals surface area contributed by atoms with Crippen molar-refractivity contribution in [1.82, 2.24) is 14.3 Å². The van der Waals surface area contributed by atoms with Crippen LogP contribution in [0.5, 0.6) is 0 Å². The summed E-state index contributed by atoms with van der Waals surface area (Å²) in [6, 6.07) is 3.18. The van der Waals surface area contributed by atoms with Crippen molar-refractivity contribution in [2.24, 2.45) is 7.05 Å². The molecule has 4 rings (SSSR count). The Hall–Kier alpha value is -3.16. The van der Waals surface area contributed by atoms with Gasteiger partial charge in [-0.1, -0.05) is 20.8 Å². The van der Waals surface area contributed by atoms with Crippen LogP contribution in [0.3, 0.4) is 0 Å². The number of rotatable bonds is 7. The van der Waals surface area contributed by atoms with E-state index in [4.69, 9.17) is 14.6 Å². The Kier molecular flexibility index (Phi) is 8.12. The third-order valence-corrected chi connectivity index (χ3v) is 6.16. The van der Waals surface area contributed by atoms with E-state index in [1.54, 1.807) is 17.7 Å². The summed E-state index contributed by atoms with van der Waals surface area (Å²) in [6.45, 7) is 8.46. The number of hydrogen-bond donors (Lipinski definition) is 0. The van der Waals surface area contributed by atoms with Crippen molar-refractivity contribution in [2.45, 2.75) is 66.3 Å². The number of benzene rings is 1. The molecule has 0 atom stereocenters. The summed E-state index contributed by atoms with van der Waals surface area (Å²) in [4.78, 5) is 23.8. The molecule has 1 aromatic carbocycles. The van der Waals surface area contributed by atoms with Gasteiger partial charge in [0.2, 0.25) is 0 Å². The summed E-state index contributed by atoms with van der Waals surface area (Å²) >= 11 is 0. The maximum atomic E-state index is 15.4. The molecule has 8 heteroatoms. The Morgan fingerprint density at radius 2 is 1.94 bits per heavy atom. The monoisotopic (exact) mass is 471 g/mol. The van der Waals surface area contributed by atoms with Crippen LogP contribution in [0.25, 0.3) is 22.0 Å². The summed E-state index contributed by atoms with van der Waals surface area (Å²) in [5.41, 5.74) is 5.06. The first-order chi connectivity index (χ1) is 16.4. The van der Waals surface area contributed by atoms with Crippen molar-refractivity contribution >= 4 is 22.8 Å². The summed E-state index contributed by atoms with van der Waals surface area (Å²) in [5.74, 6) is -1.16. The Bertz CT molecular complexity index is 1210. The van der Waals surface area contributed by atoms with Crippen LogP contribution < -0.4 is 0 Å². The van der Waals surface area contributed by atoms with Crippen LogP contribution in [0.1, 0.15) is 68.0 Å². The molecular formula is C26H34FN3O4. The predicted octanol–water partition coefficient (Wildman–Crippen LogP) is 5.00. The number of esters is 2. The summed E-state index contributed by atoms with van der Waals surface area (Å²) in [7, 11) is 3.10. The molecule has 0 N–H and O–H groups in total. The number of ether oxygens (including phenoxy) is 2. The first-order valence-electron chi connectivity index (χ1n) is 12.0. The number of aryl methyl sites for hydroxylation is 4. The Labute approximate surface area is 199 Å². The molecule has 0 saturated carbocycles. The predicted molar refractivity (Wildman–Crippen MR) is 129 cm³/mol. The van der Waals surface area contributed by atoms with E-state index >= 15 is 4.39 Å². The first-order valence-corrected chi connectivity index (χ1v) is 12.0. The number of carbonyl (C=O) groups excluding carboxylic acids is 2. The fraction of sp³-hybridized carbons (Fsp3) is 0.500. The van der Waals surface area contributed by atoms with E-state index in [9.17, 15) is 9.59 Å². The van der Waals surface area contributed by atoms with Crippen molar-refractivity contribution < 1.29 is 23.5 Å². The zero-order chi connectivity index (χ0) is 25.0. The van der Waals surface area contributed by atoms with E-state index < -0.39 is 5.97 Å². The van der Waals surface area contributed by atoms with E-state index in [1.807, 2.05) is 25.5 Å². The highest BCUT2D eigenvalue weighted by Crippen LogP contribution is 2.41. The molecule has 34 heavy (non-hydrogen) atoms. The Balaban J connectivity index is 0.00000158. The van der Waals surface area contributed by atoms with Gasteiger partial charge in [0.15, 0.2) is 0 Å². The van der Waals surface area contributed by atoms with E-state index in [2.05, 4.69) is 0 Å². The second-order valence-corrected chi connectivity index (χ2v) is 8.09. The van der Waals surface area contributed by atoms with Crippen molar-refractivity contribution in [2.75, 3.05) is 13.7 Å². The minimum atomic E-state index is -0.478. The molecule has 0 spiro atoms. The molecule has 0 radical (unpaired) electrons. The van der Waals surface area contributed by atoms with Crippen LogP contribution >= 0.6 is 0 Å². The number of carbonyl (C=O) groups is 2. The number of methoxy groups -OCH3 is 1. The maximum Gasteiger partial charge on any atom is 0.354 e. The van der Waals surface area contributed by atoms with Crippen LogP contribution in [-0.2, 0) is 47.1 Å². The van der Waals surface area contributed by atoms with Gasteiger partial charge >= 0.3 is 11.9 Å². The molecule has 0 saturated heterocycles. The topological polar surface area (TPSA) is 75.3 Å². The standard InChI is InChI=1S/C24H28FN3O4.C2H6/c1-5-18-21(19-9-6-12-28(19)26-18)20-17(25)11-10-16-15(8-7-13-32-14(2)29)23(24(30)31-4)27(3)22(16)20;1-2/h10-11H,5-9,12-13H2,1-4H3;1-2H3. The fourth-order valence-corrected chi connectivity index (χ4v) is 4.84.